The summed E-state index contributed by atoms with van der Waals surface area (Å²) in [5.41, 5.74) is 3.01. The highest BCUT2D eigenvalue weighted by Gasteiger charge is 2.32. The summed E-state index contributed by atoms with van der Waals surface area (Å²) in [6.07, 6.45) is 4.51. The first-order valence-electron chi connectivity index (χ1n) is 8.00. The molecule has 0 bridgehead atoms. The monoisotopic (exact) mass is 327 g/mol. The van der Waals surface area contributed by atoms with Gasteiger partial charge in [0.1, 0.15) is 6.04 Å². The van der Waals surface area contributed by atoms with Crippen LogP contribution in [0.5, 0.6) is 0 Å². The maximum atomic E-state index is 11.9. The fourth-order valence-electron chi connectivity index (χ4n) is 2.67. The normalized spacial score (nSPS) is 22.9. The molecule has 1 N–H and O–H groups in total. The molecule has 0 aliphatic heterocycles. The Morgan fingerprint density at radius 1 is 1.27 bits per heavy atom. The predicted octanol–water partition coefficient (Wildman–Crippen LogP) is 3.46. The summed E-state index contributed by atoms with van der Waals surface area (Å²) in [4.78, 5) is 23.2. The number of hydrogen-bond acceptors (Lipinski definition) is 4. The van der Waals surface area contributed by atoms with Crippen molar-refractivity contribution in [3.63, 3.8) is 0 Å². The highest BCUT2D eigenvalue weighted by molar-refractivity contribution is 8.00. The lowest BCUT2D eigenvalue weighted by atomic mass is 9.84. The Morgan fingerprint density at radius 3 is 2.32 bits per heavy atom. The number of esters is 1. The highest BCUT2D eigenvalue weighted by Crippen LogP contribution is 2.42. The molecule has 0 radical (unpaired) electrons. The van der Waals surface area contributed by atoms with E-state index in [1.165, 1.54) is 12.5 Å². The summed E-state index contributed by atoms with van der Waals surface area (Å²) >= 11 is 1.78. The van der Waals surface area contributed by atoms with Crippen LogP contribution < -0.4 is 5.32 Å². The smallest absolute Gasteiger partial charge is 0.329 e. The van der Waals surface area contributed by atoms with Crippen LogP contribution in [0.1, 0.15) is 60.3 Å². The number of nitrogens with one attached hydrogen (secondary N) is 1. The van der Waals surface area contributed by atoms with E-state index in [9.17, 15) is 9.59 Å². The molecule has 1 aliphatic rings. The van der Waals surface area contributed by atoms with Crippen LogP contribution in [0, 0.1) is 0 Å². The lowest BCUT2D eigenvalue weighted by Gasteiger charge is -2.35. The molecular formula is C17H29NO3S. The number of allylic oxidation sites excluding steroid dienone is 2. The summed E-state index contributed by atoms with van der Waals surface area (Å²) in [5, 5.41) is 2.70. The molecule has 0 spiro atoms. The van der Waals surface area contributed by atoms with Crippen molar-refractivity contribution in [1.82, 2.24) is 5.32 Å². The molecule has 126 valence electrons. The van der Waals surface area contributed by atoms with Crippen LogP contribution in [0.25, 0.3) is 0 Å². The summed E-state index contributed by atoms with van der Waals surface area (Å²) in [6.45, 7) is 10.2. The van der Waals surface area contributed by atoms with E-state index in [1.54, 1.807) is 24.3 Å². The Balaban J connectivity index is 2.58. The minimum atomic E-state index is -0.552. The predicted molar refractivity (Wildman–Crippen MR) is 91.9 cm³/mol. The largest absolute Gasteiger partial charge is 0.464 e. The molecule has 1 aliphatic carbocycles. The fourth-order valence-corrected chi connectivity index (χ4v) is 3.95. The van der Waals surface area contributed by atoms with Crippen LogP contribution in [-0.2, 0) is 14.3 Å². The molecule has 1 amide bonds. The highest BCUT2D eigenvalue weighted by atomic mass is 32.2. The van der Waals surface area contributed by atoms with Crippen molar-refractivity contribution in [3.05, 3.63) is 11.1 Å². The molecule has 1 rings (SSSR count). The molecule has 1 atom stereocenters. The summed E-state index contributed by atoms with van der Waals surface area (Å²) < 4.78 is 5.22. The van der Waals surface area contributed by atoms with Crippen molar-refractivity contribution < 1.29 is 14.3 Å². The maximum absolute atomic E-state index is 11.9. The molecule has 0 heterocycles. The van der Waals surface area contributed by atoms with Gasteiger partial charge in [-0.1, -0.05) is 18.1 Å². The van der Waals surface area contributed by atoms with E-state index in [0.29, 0.717) is 12.4 Å². The molecule has 0 aromatic heterocycles. The third-order valence-corrected chi connectivity index (χ3v) is 5.77. The number of carbonyl (C=O) groups is 2. The van der Waals surface area contributed by atoms with Crippen molar-refractivity contribution >= 4 is 23.6 Å². The minimum absolute atomic E-state index is 0.169. The number of carbonyl (C=O) groups excluding carboxylic acids is 2. The van der Waals surface area contributed by atoms with Crippen LogP contribution in [0.4, 0.5) is 0 Å². The van der Waals surface area contributed by atoms with Crippen molar-refractivity contribution in [2.24, 2.45) is 0 Å². The van der Waals surface area contributed by atoms with E-state index in [0.717, 1.165) is 25.7 Å². The Labute approximate surface area is 138 Å². The average molecular weight is 327 g/mol. The molecule has 0 aromatic carbocycles. The Morgan fingerprint density at radius 2 is 1.86 bits per heavy atom. The fraction of sp³-hybridized carbons (Fsp3) is 0.765. The summed E-state index contributed by atoms with van der Waals surface area (Å²) in [6, 6.07) is -0.552. The quantitative estimate of drug-likeness (QED) is 0.599. The Kier molecular flexibility index (Phi) is 7.46. The maximum Gasteiger partial charge on any atom is 0.329 e. The second-order valence-electron chi connectivity index (χ2n) is 6.37. The lowest BCUT2D eigenvalue weighted by molar-refractivity contribution is -0.146. The standard InChI is InChI=1S/C17H29NO3S/c1-6-21-16(20)15(18-13(4)19)11-22-17(5)9-7-14(8-10-17)12(2)3/h15H,6-11H2,1-5H3,(H,18,19)/t15-/m0/s1. The SMILES string of the molecule is CCOC(=O)[C@H](CSC1(C)CCC(=C(C)C)CC1)NC(C)=O. The van der Waals surface area contributed by atoms with Gasteiger partial charge in [-0.05, 0) is 46.5 Å². The number of thioether (sulfide) groups is 1. The van der Waals surface area contributed by atoms with E-state index >= 15 is 0 Å². The summed E-state index contributed by atoms with van der Waals surface area (Å²) in [5.74, 6) is 0.0351. The first kappa shape index (κ1) is 19.1. The zero-order valence-corrected chi connectivity index (χ0v) is 15.3. The van der Waals surface area contributed by atoms with Gasteiger partial charge in [-0.15, -0.1) is 0 Å². The molecule has 5 heteroatoms. The van der Waals surface area contributed by atoms with Crippen LogP contribution in [0.15, 0.2) is 11.1 Å². The Hall–Kier alpha value is -0.970. The molecule has 1 saturated carbocycles. The third kappa shape index (κ3) is 6.03. The second-order valence-corrected chi connectivity index (χ2v) is 7.98. The summed E-state index contributed by atoms with van der Waals surface area (Å²) in [7, 11) is 0. The molecule has 0 unspecified atom stereocenters. The third-order valence-electron chi connectivity index (χ3n) is 4.17. The lowest BCUT2D eigenvalue weighted by Crippen LogP contribution is -2.43. The van der Waals surface area contributed by atoms with Gasteiger partial charge in [0.25, 0.3) is 0 Å². The van der Waals surface area contributed by atoms with Crippen molar-refractivity contribution in [1.29, 1.82) is 0 Å². The zero-order chi connectivity index (χ0) is 16.8. The number of hydrogen-bond donors (Lipinski definition) is 1. The van der Waals surface area contributed by atoms with Gasteiger partial charge in [0.15, 0.2) is 0 Å². The first-order chi connectivity index (χ1) is 10.3. The van der Waals surface area contributed by atoms with Crippen LogP contribution in [0.2, 0.25) is 0 Å². The Bertz CT molecular complexity index is 431. The van der Waals surface area contributed by atoms with Gasteiger partial charge < -0.3 is 10.1 Å². The van der Waals surface area contributed by atoms with Crippen molar-refractivity contribution in [2.45, 2.75) is 71.1 Å². The van der Waals surface area contributed by atoms with Gasteiger partial charge in [0.05, 0.1) is 6.61 Å². The molecule has 22 heavy (non-hydrogen) atoms. The van der Waals surface area contributed by atoms with Gasteiger partial charge >= 0.3 is 5.97 Å². The molecule has 1 fully saturated rings. The van der Waals surface area contributed by atoms with Gasteiger partial charge in [-0.2, -0.15) is 11.8 Å². The number of rotatable bonds is 6. The van der Waals surface area contributed by atoms with E-state index < -0.39 is 6.04 Å². The number of ether oxygens (including phenoxy) is 1. The van der Waals surface area contributed by atoms with Gasteiger partial charge in [0, 0.05) is 17.4 Å². The van der Waals surface area contributed by atoms with Gasteiger partial charge in [-0.25, -0.2) is 4.79 Å². The molecule has 0 saturated heterocycles. The number of amides is 1. The van der Waals surface area contributed by atoms with Crippen LogP contribution in [-0.4, -0.2) is 35.0 Å². The van der Waals surface area contributed by atoms with E-state index in [2.05, 4.69) is 26.1 Å². The van der Waals surface area contributed by atoms with Crippen LogP contribution >= 0.6 is 11.8 Å². The average Bonchev–Trinajstić information content (AvgIpc) is 2.43. The minimum Gasteiger partial charge on any atom is -0.464 e. The second kappa shape index (κ2) is 8.61. The van der Waals surface area contributed by atoms with E-state index in [1.807, 2.05) is 0 Å². The zero-order valence-electron chi connectivity index (χ0n) is 14.5. The van der Waals surface area contributed by atoms with Gasteiger partial charge in [0.2, 0.25) is 5.91 Å². The topological polar surface area (TPSA) is 55.4 Å². The molecular weight excluding hydrogens is 298 g/mol. The van der Waals surface area contributed by atoms with Gasteiger partial charge in [-0.3, -0.25) is 4.79 Å². The molecule has 0 aromatic rings. The van der Waals surface area contributed by atoms with E-state index in [-0.39, 0.29) is 16.6 Å². The van der Waals surface area contributed by atoms with E-state index in [4.69, 9.17) is 4.74 Å². The van der Waals surface area contributed by atoms with Crippen LogP contribution in [0.3, 0.4) is 0 Å². The first-order valence-corrected chi connectivity index (χ1v) is 8.99. The van der Waals surface area contributed by atoms with Crippen molar-refractivity contribution in [2.75, 3.05) is 12.4 Å². The molecule has 4 nitrogen and oxygen atoms in total. The van der Waals surface area contributed by atoms with Crippen molar-refractivity contribution in [3.8, 4) is 0 Å².